The maximum Gasteiger partial charge on any atom is 0.0302 e. The van der Waals surface area contributed by atoms with Crippen LogP contribution in [0.5, 0.6) is 0 Å². The Morgan fingerprint density at radius 1 is 1.53 bits per heavy atom. The fourth-order valence-corrected chi connectivity index (χ4v) is 3.53. The first-order valence-corrected chi connectivity index (χ1v) is 7.66. The van der Waals surface area contributed by atoms with Crippen LogP contribution < -0.4 is 10.6 Å². The first-order valence-electron chi connectivity index (χ1n) is 6.78. The third-order valence-corrected chi connectivity index (χ3v) is 4.84. The van der Waals surface area contributed by atoms with Gasteiger partial charge in [-0.25, -0.2) is 0 Å². The summed E-state index contributed by atoms with van der Waals surface area (Å²) in [6.07, 6.45) is 2.48. The lowest BCUT2D eigenvalue weighted by Gasteiger charge is -2.29. The number of thiophene rings is 1. The van der Waals surface area contributed by atoms with Gasteiger partial charge in [0.1, 0.15) is 0 Å². The van der Waals surface area contributed by atoms with Crippen molar-refractivity contribution in [3.8, 4) is 0 Å². The van der Waals surface area contributed by atoms with Crippen molar-refractivity contribution >= 4 is 11.3 Å². The van der Waals surface area contributed by atoms with Crippen LogP contribution in [0.15, 0.2) is 11.4 Å². The van der Waals surface area contributed by atoms with Gasteiger partial charge in [-0.1, -0.05) is 13.8 Å². The summed E-state index contributed by atoms with van der Waals surface area (Å²) in [5.74, 6) is 1.66. The Hall–Kier alpha value is -0.380. The molecule has 0 saturated carbocycles. The molecule has 0 spiro atoms. The van der Waals surface area contributed by atoms with Crippen LogP contribution >= 0.6 is 11.3 Å². The lowest BCUT2D eigenvalue weighted by Crippen LogP contribution is -2.39. The molecule has 96 valence electrons. The first-order chi connectivity index (χ1) is 8.31. The summed E-state index contributed by atoms with van der Waals surface area (Å²) < 4.78 is 0. The predicted molar refractivity (Wildman–Crippen MR) is 75.5 cm³/mol. The van der Waals surface area contributed by atoms with E-state index in [1.54, 1.807) is 0 Å². The van der Waals surface area contributed by atoms with Crippen molar-refractivity contribution < 1.29 is 0 Å². The monoisotopic (exact) mass is 252 g/mol. The summed E-state index contributed by atoms with van der Waals surface area (Å²) in [5.41, 5.74) is 1.51. The van der Waals surface area contributed by atoms with Gasteiger partial charge < -0.3 is 10.6 Å². The van der Waals surface area contributed by atoms with E-state index in [1.807, 2.05) is 11.3 Å². The molecule has 2 atom stereocenters. The van der Waals surface area contributed by atoms with E-state index in [4.69, 9.17) is 0 Å². The Labute approximate surface area is 109 Å². The Kier molecular flexibility index (Phi) is 5.01. The molecule has 0 radical (unpaired) electrons. The molecule has 2 nitrogen and oxygen atoms in total. The van der Waals surface area contributed by atoms with Gasteiger partial charge in [-0.3, -0.25) is 0 Å². The maximum atomic E-state index is 3.65. The second-order valence-electron chi connectivity index (χ2n) is 5.08. The minimum atomic E-state index is 0.810. The summed E-state index contributed by atoms with van der Waals surface area (Å²) >= 11 is 1.89. The van der Waals surface area contributed by atoms with Crippen LogP contribution in [0.2, 0.25) is 0 Å². The zero-order chi connectivity index (χ0) is 12.1. The van der Waals surface area contributed by atoms with E-state index < -0.39 is 0 Å². The molecular weight excluding hydrogens is 228 g/mol. The molecule has 17 heavy (non-hydrogen) atoms. The third-order valence-electron chi connectivity index (χ3n) is 3.87. The highest BCUT2D eigenvalue weighted by Gasteiger charge is 2.20. The number of piperidine rings is 1. The fraction of sp³-hybridized carbons (Fsp3) is 0.714. The van der Waals surface area contributed by atoms with Gasteiger partial charge in [-0.05, 0) is 61.3 Å². The van der Waals surface area contributed by atoms with Gasteiger partial charge in [0, 0.05) is 11.4 Å². The van der Waals surface area contributed by atoms with Gasteiger partial charge >= 0.3 is 0 Å². The molecule has 2 heterocycles. The summed E-state index contributed by atoms with van der Waals surface area (Å²) in [4.78, 5) is 1.52. The van der Waals surface area contributed by atoms with Gasteiger partial charge in [-0.2, -0.15) is 0 Å². The standard InChI is InChI=1S/C14H24N2S/c1-3-12-5-7-17-14(12)10-16-9-13-4-6-15-8-11(13)2/h5,7,11,13,15-16H,3-4,6,8-10H2,1-2H3. The molecule has 1 fully saturated rings. The van der Waals surface area contributed by atoms with Gasteiger partial charge in [0.2, 0.25) is 0 Å². The Morgan fingerprint density at radius 2 is 2.41 bits per heavy atom. The lowest BCUT2D eigenvalue weighted by atomic mass is 9.88. The molecule has 1 aliphatic heterocycles. The van der Waals surface area contributed by atoms with E-state index >= 15 is 0 Å². The zero-order valence-electron chi connectivity index (χ0n) is 11.0. The van der Waals surface area contributed by atoms with Crippen molar-refractivity contribution in [1.82, 2.24) is 10.6 Å². The zero-order valence-corrected chi connectivity index (χ0v) is 11.8. The van der Waals surface area contributed by atoms with Crippen molar-refractivity contribution in [2.45, 2.75) is 33.2 Å². The normalized spacial score (nSPS) is 25.1. The first kappa shape index (κ1) is 13.1. The SMILES string of the molecule is CCc1ccsc1CNCC1CCNCC1C. The highest BCUT2D eigenvalue weighted by molar-refractivity contribution is 7.10. The van der Waals surface area contributed by atoms with Gasteiger partial charge in [0.05, 0.1) is 0 Å². The summed E-state index contributed by atoms with van der Waals surface area (Å²) in [6.45, 7) is 9.20. The van der Waals surface area contributed by atoms with Crippen molar-refractivity contribution in [3.63, 3.8) is 0 Å². The van der Waals surface area contributed by atoms with E-state index in [9.17, 15) is 0 Å². The smallest absolute Gasteiger partial charge is 0.0302 e. The van der Waals surface area contributed by atoms with Crippen LogP contribution in [-0.4, -0.2) is 19.6 Å². The second kappa shape index (κ2) is 6.53. The summed E-state index contributed by atoms with van der Waals surface area (Å²) in [7, 11) is 0. The highest BCUT2D eigenvalue weighted by Crippen LogP contribution is 2.19. The molecule has 0 amide bonds. The van der Waals surface area contributed by atoms with Crippen LogP contribution in [-0.2, 0) is 13.0 Å². The fourth-order valence-electron chi connectivity index (χ4n) is 2.58. The number of hydrogen-bond acceptors (Lipinski definition) is 3. The van der Waals surface area contributed by atoms with Crippen LogP contribution in [0.4, 0.5) is 0 Å². The van der Waals surface area contributed by atoms with Gasteiger partial charge in [0.25, 0.3) is 0 Å². The van der Waals surface area contributed by atoms with Gasteiger partial charge in [0.15, 0.2) is 0 Å². The number of hydrogen-bond donors (Lipinski definition) is 2. The van der Waals surface area contributed by atoms with Crippen molar-refractivity contribution in [1.29, 1.82) is 0 Å². The third kappa shape index (κ3) is 3.54. The molecule has 1 aliphatic rings. The molecule has 2 N–H and O–H groups in total. The molecule has 2 unspecified atom stereocenters. The van der Waals surface area contributed by atoms with Crippen molar-refractivity contribution in [2.75, 3.05) is 19.6 Å². The second-order valence-corrected chi connectivity index (χ2v) is 6.08. The largest absolute Gasteiger partial charge is 0.316 e. The highest BCUT2D eigenvalue weighted by atomic mass is 32.1. The minimum Gasteiger partial charge on any atom is -0.316 e. The quantitative estimate of drug-likeness (QED) is 0.842. The summed E-state index contributed by atoms with van der Waals surface area (Å²) in [5, 5.41) is 9.32. The van der Waals surface area contributed by atoms with Crippen molar-refractivity contribution in [2.24, 2.45) is 11.8 Å². The molecule has 0 bridgehead atoms. The molecule has 3 heteroatoms. The predicted octanol–water partition coefficient (Wildman–Crippen LogP) is 2.65. The van der Waals surface area contributed by atoms with Crippen LogP contribution in [0, 0.1) is 11.8 Å². The van der Waals surface area contributed by atoms with Crippen molar-refractivity contribution in [3.05, 3.63) is 21.9 Å². The number of aryl methyl sites for hydroxylation is 1. The molecular formula is C14H24N2S. The molecule has 0 aliphatic carbocycles. The lowest BCUT2D eigenvalue weighted by molar-refractivity contribution is 0.264. The van der Waals surface area contributed by atoms with E-state index in [-0.39, 0.29) is 0 Å². The summed E-state index contributed by atoms with van der Waals surface area (Å²) in [6, 6.07) is 2.26. The van der Waals surface area contributed by atoms with E-state index in [2.05, 4.69) is 35.9 Å². The van der Waals surface area contributed by atoms with Crippen LogP contribution in [0.1, 0.15) is 30.7 Å². The van der Waals surface area contributed by atoms with E-state index in [1.165, 1.54) is 36.5 Å². The molecule has 2 rings (SSSR count). The minimum absolute atomic E-state index is 0.810. The average molecular weight is 252 g/mol. The van der Waals surface area contributed by atoms with Crippen LogP contribution in [0.25, 0.3) is 0 Å². The molecule has 0 aromatic carbocycles. The maximum absolute atomic E-state index is 3.65. The number of nitrogens with one attached hydrogen (secondary N) is 2. The Morgan fingerprint density at radius 3 is 3.18 bits per heavy atom. The molecule has 1 aromatic heterocycles. The van der Waals surface area contributed by atoms with E-state index in [0.717, 1.165) is 24.8 Å². The Balaban J connectivity index is 1.75. The van der Waals surface area contributed by atoms with Crippen LogP contribution in [0.3, 0.4) is 0 Å². The number of rotatable bonds is 5. The average Bonchev–Trinajstić information content (AvgIpc) is 2.79. The molecule has 1 saturated heterocycles. The molecule has 1 aromatic rings. The topological polar surface area (TPSA) is 24.1 Å². The van der Waals surface area contributed by atoms with Gasteiger partial charge in [-0.15, -0.1) is 11.3 Å². The van der Waals surface area contributed by atoms with E-state index in [0.29, 0.717) is 0 Å². The Bertz CT molecular complexity index is 335.